The number of nitrogens with one attached hydrogen (secondary N) is 2. The Labute approximate surface area is 70.3 Å². The van der Waals surface area contributed by atoms with Crippen LogP contribution in [0.15, 0.2) is 12.4 Å². The number of H-pyrrole nitrogens is 1. The van der Waals surface area contributed by atoms with Gasteiger partial charge < -0.3 is 11.1 Å². The Morgan fingerprint density at radius 3 is 2.83 bits per heavy atom. The third kappa shape index (κ3) is 2.06. The Hall–Kier alpha value is -1.36. The van der Waals surface area contributed by atoms with Crippen LogP contribution >= 0.6 is 0 Å². The van der Waals surface area contributed by atoms with E-state index < -0.39 is 5.54 Å². The molecule has 0 spiro atoms. The van der Waals surface area contributed by atoms with Crippen LogP contribution in [-0.4, -0.2) is 21.6 Å². The van der Waals surface area contributed by atoms with Crippen molar-refractivity contribution in [1.29, 1.82) is 0 Å². The predicted octanol–water partition coefficient (Wildman–Crippen LogP) is 0.0855. The minimum absolute atomic E-state index is 0.232. The first kappa shape index (κ1) is 8.73. The molecule has 0 aliphatic heterocycles. The molecule has 5 nitrogen and oxygen atoms in total. The van der Waals surface area contributed by atoms with Crippen LogP contribution in [0, 0.1) is 0 Å². The highest BCUT2D eigenvalue weighted by molar-refractivity contribution is 5.97. The van der Waals surface area contributed by atoms with Crippen molar-refractivity contribution in [1.82, 2.24) is 10.2 Å². The maximum absolute atomic E-state index is 11.3. The summed E-state index contributed by atoms with van der Waals surface area (Å²) in [4.78, 5) is 11.3. The number of nitrogens with zero attached hydrogens (tertiary/aromatic N) is 1. The molecule has 5 heteroatoms. The summed E-state index contributed by atoms with van der Waals surface area (Å²) in [5.74, 6) is -0.232. The summed E-state index contributed by atoms with van der Waals surface area (Å²) < 4.78 is 0. The Kier molecular flexibility index (Phi) is 2.14. The summed E-state index contributed by atoms with van der Waals surface area (Å²) in [5.41, 5.74) is 5.31. The van der Waals surface area contributed by atoms with Gasteiger partial charge in [0, 0.05) is 6.20 Å². The van der Waals surface area contributed by atoms with Gasteiger partial charge in [-0.1, -0.05) is 0 Å². The van der Waals surface area contributed by atoms with Crippen molar-refractivity contribution >= 4 is 11.6 Å². The van der Waals surface area contributed by atoms with Crippen LogP contribution in [0.1, 0.15) is 13.8 Å². The van der Waals surface area contributed by atoms with Gasteiger partial charge in [0.15, 0.2) is 0 Å². The van der Waals surface area contributed by atoms with E-state index in [1.165, 1.54) is 6.20 Å². The molecule has 1 heterocycles. The number of rotatable bonds is 2. The lowest BCUT2D eigenvalue weighted by atomic mass is 10.1. The summed E-state index contributed by atoms with van der Waals surface area (Å²) in [6.07, 6.45) is 3.10. The monoisotopic (exact) mass is 168 g/mol. The molecule has 0 fully saturated rings. The van der Waals surface area contributed by atoms with Gasteiger partial charge in [-0.25, -0.2) is 0 Å². The van der Waals surface area contributed by atoms with E-state index in [9.17, 15) is 4.79 Å². The zero-order valence-corrected chi connectivity index (χ0v) is 7.09. The van der Waals surface area contributed by atoms with Crippen LogP contribution < -0.4 is 11.1 Å². The zero-order chi connectivity index (χ0) is 9.19. The lowest BCUT2D eigenvalue weighted by molar-refractivity contribution is -0.120. The second kappa shape index (κ2) is 2.94. The van der Waals surface area contributed by atoms with Gasteiger partial charge >= 0.3 is 0 Å². The lowest BCUT2D eigenvalue weighted by Crippen LogP contribution is -2.45. The predicted molar refractivity (Wildman–Crippen MR) is 45.5 cm³/mol. The fourth-order valence-corrected chi connectivity index (χ4v) is 0.611. The number of aromatic nitrogens is 2. The number of anilines is 1. The van der Waals surface area contributed by atoms with Crippen LogP contribution in [-0.2, 0) is 4.79 Å². The molecule has 0 aromatic carbocycles. The number of hydrogen-bond donors (Lipinski definition) is 3. The molecule has 0 radical (unpaired) electrons. The van der Waals surface area contributed by atoms with Crippen LogP contribution in [0.4, 0.5) is 5.69 Å². The van der Waals surface area contributed by atoms with Crippen molar-refractivity contribution in [2.75, 3.05) is 5.32 Å². The first-order chi connectivity index (χ1) is 5.50. The topological polar surface area (TPSA) is 83.8 Å². The number of carbonyl (C=O) groups excluding carboxylic acids is 1. The molecule has 0 saturated carbocycles. The van der Waals surface area contributed by atoms with E-state index in [1.54, 1.807) is 20.0 Å². The van der Waals surface area contributed by atoms with Gasteiger partial charge in [-0.2, -0.15) is 5.10 Å². The van der Waals surface area contributed by atoms with Crippen LogP contribution in [0.25, 0.3) is 0 Å². The van der Waals surface area contributed by atoms with Gasteiger partial charge in [0.2, 0.25) is 5.91 Å². The van der Waals surface area contributed by atoms with Gasteiger partial charge in [-0.05, 0) is 13.8 Å². The van der Waals surface area contributed by atoms with Crippen molar-refractivity contribution < 1.29 is 4.79 Å². The molecule has 0 unspecified atom stereocenters. The Morgan fingerprint density at radius 2 is 2.42 bits per heavy atom. The highest BCUT2D eigenvalue weighted by Crippen LogP contribution is 2.05. The highest BCUT2D eigenvalue weighted by Gasteiger charge is 2.21. The van der Waals surface area contributed by atoms with Crippen LogP contribution in [0.2, 0.25) is 0 Å². The molecule has 1 aromatic rings. The molecule has 0 aliphatic carbocycles. The van der Waals surface area contributed by atoms with Gasteiger partial charge in [0.05, 0.1) is 17.4 Å². The Morgan fingerprint density at radius 1 is 1.75 bits per heavy atom. The molecule has 1 rings (SSSR count). The van der Waals surface area contributed by atoms with Crippen LogP contribution in [0.3, 0.4) is 0 Å². The van der Waals surface area contributed by atoms with Gasteiger partial charge in [-0.15, -0.1) is 0 Å². The van der Waals surface area contributed by atoms with Crippen molar-refractivity contribution in [2.45, 2.75) is 19.4 Å². The fourth-order valence-electron chi connectivity index (χ4n) is 0.611. The molecular formula is C7H12N4O. The molecule has 0 atom stereocenters. The minimum Gasteiger partial charge on any atom is -0.322 e. The first-order valence-electron chi connectivity index (χ1n) is 3.59. The van der Waals surface area contributed by atoms with Crippen molar-refractivity contribution in [3.8, 4) is 0 Å². The average molecular weight is 168 g/mol. The van der Waals surface area contributed by atoms with E-state index in [0.29, 0.717) is 5.69 Å². The van der Waals surface area contributed by atoms with E-state index in [2.05, 4.69) is 15.5 Å². The third-order valence-corrected chi connectivity index (χ3v) is 1.34. The second-order valence-corrected chi connectivity index (χ2v) is 3.16. The summed E-state index contributed by atoms with van der Waals surface area (Å²) in [6.45, 7) is 3.28. The quantitative estimate of drug-likeness (QED) is 0.585. The summed E-state index contributed by atoms with van der Waals surface area (Å²) in [5, 5.41) is 8.86. The number of hydrogen-bond acceptors (Lipinski definition) is 3. The molecule has 0 saturated heterocycles. The van der Waals surface area contributed by atoms with E-state index in [-0.39, 0.29) is 5.91 Å². The smallest absolute Gasteiger partial charge is 0.243 e. The standard InChI is InChI=1S/C7H12N4O/c1-7(2,8)6(12)11-5-3-9-10-4-5/h3-4H,8H2,1-2H3,(H,9,10)(H,11,12). The van der Waals surface area contributed by atoms with Gasteiger partial charge in [0.1, 0.15) is 0 Å². The molecular weight excluding hydrogens is 156 g/mol. The second-order valence-electron chi connectivity index (χ2n) is 3.16. The van der Waals surface area contributed by atoms with Gasteiger partial charge in [0.25, 0.3) is 0 Å². The average Bonchev–Trinajstić information content (AvgIpc) is 2.37. The third-order valence-electron chi connectivity index (χ3n) is 1.34. The van der Waals surface area contributed by atoms with Gasteiger partial charge in [-0.3, -0.25) is 9.89 Å². The molecule has 1 amide bonds. The Balaban J connectivity index is 2.60. The van der Waals surface area contributed by atoms with E-state index >= 15 is 0 Å². The summed E-state index contributed by atoms with van der Waals surface area (Å²) >= 11 is 0. The highest BCUT2D eigenvalue weighted by atomic mass is 16.2. The zero-order valence-electron chi connectivity index (χ0n) is 7.09. The number of carbonyl (C=O) groups is 1. The fraction of sp³-hybridized carbons (Fsp3) is 0.429. The molecule has 1 aromatic heterocycles. The number of aromatic amines is 1. The van der Waals surface area contributed by atoms with Crippen molar-refractivity contribution in [2.24, 2.45) is 5.73 Å². The molecule has 4 N–H and O–H groups in total. The van der Waals surface area contributed by atoms with Crippen molar-refractivity contribution in [3.63, 3.8) is 0 Å². The number of nitrogens with two attached hydrogens (primary N) is 1. The molecule has 12 heavy (non-hydrogen) atoms. The number of amides is 1. The first-order valence-corrected chi connectivity index (χ1v) is 3.59. The molecule has 0 aliphatic rings. The lowest BCUT2D eigenvalue weighted by Gasteiger charge is -2.16. The minimum atomic E-state index is -0.864. The molecule has 66 valence electrons. The summed E-state index contributed by atoms with van der Waals surface area (Å²) in [6, 6.07) is 0. The maximum Gasteiger partial charge on any atom is 0.243 e. The maximum atomic E-state index is 11.3. The van der Waals surface area contributed by atoms with E-state index in [1.807, 2.05) is 0 Å². The largest absolute Gasteiger partial charge is 0.322 e. The van der Waals surface area contributed by atoms with E-state index in [4.69, 9.17) is 5.73 Å². The van der Waals surface area contributed by atoms with E-state index in [0.717, 1.165) is 0 Å². The normalized spacial score (nSPS) is 11.2. The SMILES string of the molecule is CC(C)(N)C(=O)Nc1cn[nH]c1. The van der Waals surface area contributed by atoms with Crippen molar-refractivity contribution in [3.05, 3.63) is 12.4 Å². The van der Waals surface area contributed by atoms with Crippen LogP contribution in [0.5, 0.6) is 0 Å². The summed E-state index contributed by atoms with van der Waals surface area (Å²) in [7, 11) is 0. The molecule has 0 bridgehead atoms. The Bertz CT molecular complexity index is 259.